The van der Waals surface area contributed by atoms with Crippen molar-refractivity contribution >= 4 is 29.1 Å². The normalized spacial score (nSPS) is 11.2. The van der Waals surface area contributed by atoms with Gasteiger partial charge < -0.3 is 9.47 Å². The molecule has 0 saturated carbocycles. The summed E-state index contributed by atoms with van der Waals surface area (Å²) in [5, 5.41) is 2.45. The summed E-state index contributed by atoms with van der Waals surface area (Å²) in [7, 11) is 0. The Morgan fingerprint density at radius 2 is 1.79 bits per heavy atom. The number of carbonyl (C=O) groups is 2. The van der Waals surface area contributed by atoms with Crippen LogP contribution < -0.4 is 25.6 Å². The highest BCUT2D eigenvalue weighted by atomic mass is 32.1. The summed E-state index contributed by atoms with van der Waals surface area (Å²) in [5.41, 5.74) is 7.48. The molecule has 0 heterocycles. The van der Waals surface area contributed by atoms with E-state index in [2.05, 4.69) is 16.2 Å². The maximum Gasteiger partial charge on any atom is 0.279 e. The van der Waals surface area contributed by atoms with Gasteiger partial charge in [0.05, 0.1) is 12.2 Å². The number of hydrogen-bond acceptors (Lipinski definition) is 5. The molecule has 2 aromatic carbocycles. The summed E-state index contributed by atoms with van der Waals surface area (Å²) in [6, 6.07) is 12.4. The van der Waals surface area contributed by atoms with E-state index >= 15 is 0 Å². The van der Waals surface area contributed by atoms with Crippen molar-refractivity contribution in [3.63, 3.8) is 0 Å². The number of benzene rings is 2. The van der Waals surface area contributed by atoms with Crippen LogP contribution in [0.3, 0.4) is 0 Å². The maximum atomic E-state index is 12.4. The fraction of sp³-hybridized carbons (Fsp3) is 0.286. The second-order valence-electron chi connectivity index (χ2n) is 6.33. The summed E-state index contributed by atoms with van der Waals surface area (Å²) >= 11 is 5.06. The molecule has 2 amide bonds. The van der Waals surface area contributed by atoms with E-state index < -0.39 is 17.9 Å². The Morgan fingerprint density at radius 1 is 1.07 bits per heavy atom. The summed E-state index contributed by atoms with van der Waals surface area (Å²) in [4.78, 5) is 24.6. The number of nitrogens with one attached hydrogen (secondary N) is 3. The van der Waals surface area contributed by atoms with E-state index in [9.17, 15) is 9.59 Å². The topological polar surface area (TPSA) is 88.7 Å². The van der Waals surface area contributed by atoms with Crippen molar-refractivity contribution in [1.82, 2.24) is 16.2 Å². The molecule has 7 nitrogen and oxygen atoms in total. The van der Waals surface area contributed by atoms with Gasteiger partial charge in [-0.3, -0.25) is 25.8 Å². The molecule has 0 aliphatic heterocycles. The van der Waals surface area contributed by atoms with Crippen molar-refractivity contribution in [2.45, 2.75) is 33.8 Å². The first kappa shape index (κ1) is 22.2. The molecule has 0 radical (unpaired) electrons. The van der Waals surface area contributed by atoms with Gasteiger partial charge in [0.15, 0.2) is 11.2 Å². The van der Waals surface area contributed by atoms with Crippen molar-refractivity contribution < 1.29 is 19.1 Å². The average molecular weight is 416 g/mol. The van der Waals surface area contributed by atoms with Gasteiger partial charge in [0.25, 0.3) is 11.8 Å². The Bertz CT molecular complexity index is 901. The van der Waals surface area contributed by atoms with Crippen molar-refractivity contribution in [2.75, 3.05) is 6.61 Å². The number of aryl methyl sites for hydroxylation is 2. The Hall–Kier alpha value is -3.13. The lowest BCUT2D eigenvalue weighted by molar-refractivity contribution is -0.127. The van der Waals surface area contributed by atoms with Crippen LogP contribution in [0.5, 0.6) is 11.5 Å². The quantitative estimate of drug-likeness (QED) is 0.497. The van der Waals surface area contributed by atoms with E-state index in [1.165, 1.54) is 0 Å². The molecule has 8 heteroatoms. The number of carbonyl (C=O) groups excluding carboxylic acids is 2. The summed E-state index contributed by atoms with van der Waals surface area (Å²) < 4.78 is 11.1. The van der Waals surface area contributed by atoms with Crippen LogP contribution in [0.2, 0.25) is 0 Å². The third-order valence-corrected chi connectivity index (χ3v) is 4.32. The zero-order chi connectivity index (χ0) is 21.4. The molecular formula is C21H25N3O4S. The number of amides is 2. The molecular weight excluding hydrogens is 390 g/mol. The molecule has 1 unspecified atom stereocenters. The zero-order valence-corrected chi connectivity index (χ0v) is 17.7. The van der Waals surface area contributed by atoms with E-state index in [1.54, 1.807) is 37.3 Å². The molecule has 2 aromatic rings. The van der Waals surface area contributed by atoms with Gasteiger partial charge in [0, 0.05) is 0 Å². The number of ether oxygens (including phenoxy) is 2. The number of thiocarbonyl (C=S) groups is 1. The van der Waals surface area contributed by atoms with Crippen LogP contribution in [-0.4, -0.2) is 29.6 Å². The van der Waals surface area contributed by atoms with E-state index in [0.29, 0.717) is 23.7 Å². The third kappa shape index (κ3) is 6.46. The lowest BCUT2D eigenvalue weighted by atomic mass is 10.1. The molecule has 0 aliphatic rings. The van der Waals surface area contributed by atoms with Crippen LogP contribution in [0, 0.1) is 13.8 Å². The molecule has 29 heavy (non-hydrogen) atoms. The van der Waals surface area contributed by atoms with Crippen LogP contribution in [0.25, 0.3) is 0 Å². The zero-order valence-electron chi connectivity index (χ0n) is 16.9. The maximum absolute atomic E-state index is 12.4. The molecule has 0 spiro atoms. The average Bonchev–Trinajstić information content (AvgIpc) is 2.69. The van der Waals surface area contributed by atoms with Crippen LogP contribution in [-0.2, 0) is 4.79 Å². The highest BCUT2D eigenvalue weighted by Gasteiger charge is 2.17. The molecule has 154 valence electrons. The molecule has 0 aliphatic carbocycles. The Labute approximate surface area is 175 Å². The van der Waals surface area contributed by atoms with Gasteiger partial charge in [0.2, 0.25) is 0 Å². The molecule has 0 bridgehead atoms. The molecule has 0 saturated heterocycles. The second kappa shape index (κ2) is 10.4. The standard InChI is InChI=1S/C21H25N3O4S/c1-5-27-18-9-7-6-8-17(18)20(26)22-21(29)24-23-19(25)15(4)28-16-11-10-13(2)14(3)12-16/h6-12,15H,5H2,1-4H3,(H,23,25)(H2,22,24,26,29). The van der Waals surface area contributed by atoms with Crippen molar-refractivity contribution in [2.24, 2.45) is 0 Å². The van der Waals surface area contributed by atoms with E-state index in [0.717, 1.165) is 11.1 Å². The SMILES string of the molecule is CCOc1ccccc1C(=O)NC(=S)NNC(=O)C(C)Oc1ccc(C)c(C)c1. The van der Waals surface area contributed by atoms with Gasteiger partial charge >= 0.3 is 0 Å². The minimum atomic E-state index is -0.762. The fourth-order valence-corrected chi connectivity index (χ4v) is 2.55. The van der Waals surface area contributed by atoms with Gasteiger partial charge in [-0.25, -0.2) is 0 Å². The first-order valence-corrected chi connectivity index (χ1v) is 9.59. The van der Waals surface area contributed by atoms with Crippen molar-refractivity contribution in [3.05, 3.63) is 59.2 Å². The molecule has 2 rings (SSSR count). The van der Waals surface area contributed by atoms with Crippen LogP contribution in [0.4, 0.5) is 0 Å². The van der Waals surface area contributed by atoms with Crippen LogP contribution in [0.1, 0.15) is 35.3 Å². The molecule has 0 aromatic heterocycles. The highest BCUT2D eigenvalue weighted by Crippen LogP contribution is 2.18. The highest BCUT2D eigenvalue weighted by molar-refractivity contribution is 7.80. The van der Waals surface area contributed by atoms with Crippen LogP contribution >= 0.6 is 12.2 Å². The fourth-order valence-electron chi connectivity index (χ4n) is 2.40. The minimum Gasteiger partial charge on any atom is -0.493 e. The third-order valence-electron chi connectivity index (χ3n) is 4.12. The van der Waals surface area contributed by atoms with Gasteiger partial charge in [-0.05, 0) is 75.3 Å². The van der Waals surface area contributed by atoms with Gasteiger partial charge in [0.1, 0.15) is 11.5 Å². The number of hydrogen-bond donors (Lipinski definition) is 3. The number of hydrazine groups is 1. The van der Waals surface area contributed by atoms with Crippen molar-refractivity contribution in [3.8, 4) is 11.5 Å². The smallest absolute Gasteiger partial charge is 0.279 e. The Kier molecular flexibility index (Phi) is 7.97. The van der Waals surface area contributed by atoms with Gasteiger partial charge in [-0.2, -0.15) is 0 Å². The minimum absolute atomic E-state index is 0.0481. The number of para-hydroxylation sites is 1. The molecule has 3 N–H and O–H groups in total. The Balaban J connectivity index is 1.85. The largest absolute Gasteiger partial charge is 0.493 e. The van der Waals surface area contributed by atoms with E-state index in [-0.39, 0.29) is 5.11 Å². The van der Waals surface area contributed by atoms with E-state index in [1.807, 2.05) is 32.9 Å². The van der Waals surface area contributed by atoms with Crippen molar-refractivity contribution in [1.29, 1.82) is 0 Å². The lowest BCUT2D eigenvalue weighted by Crippen LogP contribution is -2.51. The Morgan fingerprint density at radius 3 is 2.48 bits per heavy atom. The van der Waals surface area contributed by atoms with Gasteiger partial charge in [-0.1, -0.05) is 18.2 Å². The molecule has 0 fully saturated rings. The summed E-state index contributed by atoms with van der Waals surface area (Å²) in [6.07, 6.45) is -0.762. The predicted molar refractivity (Wildman–Crippen MR) is 115 cm³/mol. The second-order valence-corrected chi connectivity index (χ2v) is 6.74. The van der Waals surface area contributed by atoms with Gasteiger partial charge in [-0.15, -0.1) is 0 Å². The van der Waals surface area contributed by atoms with Crippen LogP contribution in [0.15, 0.2) is 42.5 Å². The monoisotopic (exact) mass is 415 g/mol. The lowest BCUT2D eigenvalue weighted by Gasteiger charge is -2.17. The van der Waals surface area contributed by atoms with E-state index in [4.69, 9.17) is 21.7 Å². The molecule has 1 atom stereocenters. The number of rotatable bonds is 6. The first-order chi connectivity index (χ1) is 13.8. The summed E-state index contributed by atoms with van der Waals surface area (Å²) in [5.74, 6) is 0.170. The first-order valence-electron chi connectivity index (χ1n) is 9.18. The summed E-state index contributed by atoms with van der Waals surface area (Å²) in [6.45, 7) is 7.85. The predicted octanol–water partition coefficient (Wildman–Crippen LogP) is 2.81.